The lowest BCUT2D eigenvalue weighted by molar-refractivity contribution is -0.120. The SMILES string of the molecule is COc1ccc(S(=O)(=O)NNC(=O)Cc2csc(C)n2)cc1. The number of ether oxygens (including phenoxy) is 1. The van der Waals surface area contributed by atoms with Gasteiger partial charge in [-0.25, -0.2) is 13.4 Å². The highest BCUT2D eigenvalue weighted by molar-refractivity contribution is 7.89. The molecule has 0 bridgehead atoms. The van der Waals surface area contributed by atoms with Gasteiger partial charge >= 0.3 is 0 Å². The summed E-state index contributed by atoms with van der Waals surface area (Å²) in [4.78, 5) is 17.9. The predicted molar refractivity (Wildman–Crippen MR) is 82.0 cm³/mol. The lowest BCUT2D eigenvalue weighted by Gasteiger charge is -2.08. The summed E-state index contributed by atoms with van der Waals surface area (Å²) in [6.07, 6.45) is 0.00940. The molecule has 0 fully saturated rings. The third kappa shape index (κ3) is 4.26. The summed E-state index contributed by atoms with van der Waals surface area (Å²) < 4.78 is 29.0. The number of thiazole rings is 1. The number of sulfonamides is 1. The molecule has 7 nitrogen and oxygen atoms in total. The summed E-state index contributed by atoms with van der Waals surface area (Å²) >= 11 is 1.43. The van der Waals surface area contributed by atoms with Crippen molar-refractivity contribution >= 4 is 27.3 Å². The molecule has 2 N–H and O–H groups in total. The van der Waals surface area contributed by atoms with Gasteiger partial charge in [0, 0.05) is 5.38 Å². The second-order valence-corrected chi connectivity index (χ2v) is 7.11. The van der Waals surface area contributed by atoms with Gasteiger partial charge in [-0.05, 0) is 31.2 Å². The fourth-order valence-corrected chi connectivity index (χ4v) is 3.11. The van der Waals surface area contributed by atoms with Crippen molar-refractivity contribution in [1.29, 1.82) is 0 Å². The van der Waals surface area contributed by atoms with Crippen molar-refractivity contribution < 1.29 is 17.9 Å². The van der Waals surface area contributed by atoms with Crippen LogP contribution in [0.4, 0.5) is 0 Å². The second-order valence-electron chi connectivity index (χ2n) is 4.36. The number of hydrogen-bond donors (Lipinski definition) is 2. The maximum absolute atomic E-state index is 12.0. The van der Waals surface area contributed by atoms with Gasteiger partial charge in [-0.1, -0.05) is 0 Å². The van der Waals surface area contributed by atoms with E-state index in [1.54, 1.807) is 5.38 Å². The number of carbonyl (C=O) groups is 1. The van der Waals surface area contributed by atoms with Crippen LogP contribution in [0.25, 0.3) is 0 Å². The number of rotatable bonds is 6. The van der Waals surface area contributed by atoms with Gasteiger partial charge in [-0.3, -0.25) is 10.2 Å². The van der Waals surface area contributed by atoms with Gasteiger partial charge in [0.2, 0.25) is 5.91 Å². The molecule has 9 heteroatoms. The first-order valence-corrected chi connectivity index (χ1v) is 8.63. The van der Waals surface area contributed by atoms with Crippen LogP contribution in [0, 0.1) is 6.92 Å². The Hall–Kier alpha value is -1.97. The molecule has 0 spiro atoms. The van der Waals surface area contributed by atoms with E-state index in [-0.39, 0.29) is 11.3 Å². The molecule has 1 aromatic heterocycles. The first-order valence-electron chi connectivity index (χ1n) is 6.26. The van der Waals surface area contributed by atoms with Crippen molar-refractivity contribution in [2.45, 2.75) is 18.2 Å². The zero-order valence-corrected chi connectivity index (χ0v) is 13.6. The van der Waals surface area contributed by atoms with Crippen molar-refractivity contribution in [2.75, 3.05) is 7.11 Å². The molecule has 0 unspecified atom stereocenters. The third-order valence-electron chi connectivity index (χ3n) is 2.70. The Morgan fingerprint density at radius 2 is 2.00 bits per heavy atom. The van der Waals surface area contributed by atoms with E-state index in [0.717, 1.165) is 5.01 Å². The van der Waals surface area contributed by atoms with Gasteiger partial charge in [0.1, 0.15) is 5.75 Å². The van der Waals surface area contributed by atoms with Crippen molar-refractivity contribution in [1.82, 2.24) is 15.2 Å². The molecule has 2 rings (SSSR count). The molecule has 0 saturated carbocycles. The van der Waals surface area contributed by atoms with E-state index in [1.165, 1.54) is 42.7 Å². The molecule has 0 saturated heterocycles. The number of methoxy groups -OCH3 is 1. The van der Waals surface area contributed by atoms with Gasteiger partial charge in [-0.15, -0.1) is 16.2 Å². The summed E-state index contributed by atoms with van der Waals surface area (Å²) in [5.41, 5.74) is 2.76. The predicted octanol–water partition coefficient (Wildman–Crippen LogP) is 1.01. The number of carbonyl (C=O) groups excluding carboxylic acids is 1. The van der Waals surface area contributed by atoms with Crippen LogP contribution < -0.4 is 15.0 Å². The average Bonchev–Trinajstić information content (AvgIpc) is 2.90. The first kappa shape index (κ1) is 16.4. The minimum Gasteiger partial charge on any atom is -0.497 e. The topological polar surface area (TPSA) is 97.4 Å². The van der Waals surface area contributed by atoms with Crippen LogP contribution >= 0.6 is 11.3 Å². The summed E-state index contributed by atoms with van der Waals surface area (Å²) in [6, 6.07) is 5.82. The van der Waals surface area contributed by atoms with Crippen LogP contribution in [-0.2, 0) is 21.2 Å². The largest absolute Gasteiger partial charge is 0.497 e. The molecular weight excluding hydrogens is 326 g/mol. The monoisotopic (exact) mass is 341 g/mol. The average molecular weight is 341 g/mol. The Bertz CT molecular complexity index is 754. The van der Waals surface area contributed by atoms with Gasteiger partial charge in [0.15, 0.2) is 0 Å². The molecule has 2 aromatic rings. The Kier molecular flexibility index (Phi) is 5.11. The van der Waals surface area contributed by atoms with E-state index >= 15 is 0 Å². The van der Waals surface area contributed by atoms with Crippen LogP contribution in [0.2, 0.25) is 0 Å². The van der Waals surface area contributed by atoms with E-state index in [1.807, 2.05) is 11.8 Å². The Balaban J connectivity index is 1.95. The Morgan fingerprint density at radius 1 is 1.32 bits per heavy atom. The second kappa shape index (κ2) is 6.86. The number of hydrazine groups is 1. The highest BCUT2D eigenvalue weighted by Crippen LogP contribution is 2.14. The Labute approximate surface area is 132 Å². The number of aryl methyl sites for hydroxylation is 1. The molecule has 1 amide bonds. The number of aromatic nitrogens is 1. The standard InChI is InChI=1S/C13H15N3O4S2/c1-9-14-10(8-21-9)7-13(17)15-16-22(18,19)12-5-3-11(20-2)4-6-12/h3-6,8,16H,7H2,1-2H3,(H,15,17). The number of nitrogens with one attached hydrogen (secondary N) is 2. The van der Waals surface area contributed by atoms with Crippen LogP contribution in [0.15, 0.2) is 34.5 Å². The summed E-state index contributed by atoms with van der Waals surface area (Å²) in [5.74, 6) is 0.0595. The maximum atomic E-state index is 12.0. The van der Waals surface area contributed by atoms with E-state index in [0.29, 0.717) is 11.4 Å². The van der Waals surface area contributed by atoms with Crippen molar-refractivity contribution in [2.24, 2.45) is 0 Å². The van der Waals surface area contributed by atoms with E-state index < -0.39 is 15.9 Å². The van der Waals surface area contributed by atoms with Gasteiger partial charge < -0.3 is 4.74 Å². The minimum absolute atomic E-state index is 0.00940. The number of nitrogens with zero attached hydrogens (tertiary/aromatic N) is 1. The van der Waals surface area contributed by atoms with Crippen LogP contribution in [0.3, 0.4) is 0 Å². The molecule has 0 aliphatic heterocycles. The minimum atomic E-state index is -3.82. The molecule has 1 aromatic carbocycles. The van der Waals surface area contributed by atoms with Crippen LogP contribution in [0.5, 0.6) is 5.75 Å². The van der Waals surface area contributed by atoms with Gasteiger partial charge in [0.25, 0.3) is 10.0 Å². The van der Waals surface area contributed by atoms with Crippen LogP contribution in [-0.4, -0.2) is 26.4 Å². The fraction of sp³-hybridized carbons (Fsp3) is 0.231. The first-order chi connectivity index (χ1) is 10.4. The van der Waals surface area contributed by atoms with E-state index in [9.17, 15) is 13.2 Å². The zero-order chi connectivity index (χ0) is 16.2. The highest BCUT2D eigenvalue weighted by atomic mass is 32.2. The Morgan fingerprint density at radius 3 is 2.55 bits per heavy atom. The number of benzene rings is 1. The number of hydrogen-bond acceptors (Lipinski definition) is 6. The molecule has 118 valence electrons. The molecule has 22 heavy (non-hydrogen) atoms. The van der Waals surface area contributed by atoms with Crippen molar-refractivity contribution in [3.05, 3.63) is 40.3 Å². The normalized spacial score (nSPS) is 11.2. The third-order valence-corrected chi connectivity index (χ3v) is 4.79. The molecule has 0 aliphatic rings. The zero-order valence-electron chi connectivity index (χ0n) is 12.0. The fourth-order valence-electron chi connectivity index (χ4n) is 1.64. The summed E-state index contributed by atoms with van der Waals surface area (Å²) in [6.45, 7) is 1.83. The maximum Gasteiger partial charge on any atom is 0.257 e. The van der Waals surface area contributed by atoms with Crippen molar-refractivity contribution in [3.63, 3.8) is 0 Å². The summed E-state index contributed by atoms with van der Waals surface area (Å²) in [5, 5.41) is 2.61. The smallest absolute Gasteiger partial charge is 0.257 e. The molecule has 0 aliphatic carbocycles. The molecule has 0 radical (unpaired) electrons. The van der Waals surface area contributed by atoms with Gasteiger partial charge in [-0.2, -0.15) is 0 Å². The van der Waals surface area contributed by atoms with E-state index in [4.69, 9.17) is 4.74 Å². The van der Waals surface area contributed by atoms with Gasteiger partial charge in [0.05, 0.1) is 29.1 Å². The lowest BCUT2D eigenvalue weighted by atomic mass is 10.3. The molecular formula is C13H15N3O4S2. The van der Waals surface area contributed by atoms with E-state index in [2.05, 4.69) is 10.4 Å². The summed E-state index contributed by atoms with van der Waals surface area (Å²) in [7, 11) is -2.33. The number of amides is 1. The highest BCUT2D eigenvalue weighted by Gasteiger charge is 2.15. The van der Waals surface area contributed by atoms with Crippen molar-refractivity contribution in [3.8, 4) is 5.75 Å². The van der Waals surface area contributed by atoms with Crippen LogP contribution in [0.1, 0.15) is 10.7 Å². The molecule has 0 atom stereocenters. The quantitative estimate of drug-likeness (QED) is 0.764. The molecule has 1 heterocycles. The lowest BCUT2D eigenvalue weighted by Crippen LogP contribution is -2.42.